The summed E-state index contributed by atoms with van der Waals surface area (Å²) in [6.45, 7) is 0.100. The minimum Gasteiger partial charge on any atom is -0.493 e. The third kappa shape index (κ3) is 6.43. The molecule has 3 aromatic carbocycles. The fourth-order valence-electron chi connectivity index (χ4n) is 2.96. The van der Waals surface area contributed by atoms with E-state index in [-0.39, 0.29) is 28.6 Å². The van der Waals surface area contributed by atoms with Crippen LogP contribution >= 0.6 is 34.8 Å². The van der Waals surface area contributed by atoms with Gasteiger partial charge in [0.25, 0.3) is 11.6 Å². The summed E-state index contributed by atoms with van der Waals surface area (Å²) in [7, 11) is 1.45. The molecule has 1 amide bonds. The Hall–Kier alpha value is -3.77. The molecule has 0 spiro atoms. The lowest BCUT2D eigenvalue weighted by molar-refractivity contribution is -0.384. The number of nitrogens with one attached hydrogen (secondary N) is 1. The number of nitriles is 1. The van der Waals surface area contributed by atoms with Crippen LogP contribution in [0.5, 0.6) is 11.5 Å². The van der Waals surface area contributed by atoms with Crippen LogP contribution in [0.15, 0.2) is 60.2 Å². The Balaban J connectivity index is 1.79. The van der Waals surface area contributed by atoms with E-state index < -0.39 is 10.8 Å². The number of carbonyl (C=O) groups is 1. The zero-order valence-electron chi connectivity index (χ0n) is 18.1. The first-order valence-electron chi connectivity index (χ1n) is 9.84. The molecule has 0 saturated carbocycles. The number of rotatable bonds is 8. The summed E-state index contributed by atoms with van der Waals surface area (Å²) in [6, 6.07) is 15.6. The van der Waals surface area contributed by atoms with E-state index in [1.54, 1.807) is 36.4 Å². The zero-order chi connectivity index (χ0) is 25.5. The maximum atomic E-state index is 12.6. The van der Waals surface area contributed by atoms with Crippen molar-refractivity contribution in [2.45, 2.75) is 6.61 Å². The molecule has 0 heterocycles. The van der Waals surface area contributed by atoms with Gasteiger partial charge in [0.05, 0.1) is 12.0 Å². The molecular weight excluding hydrogens is 517 g/mol. The van der Waals surface area contributed by atoms with Crippen LogP contribution in [0.3, 0.4) is 0 Å². The van der Waals surface area contributed by atoms with Gasteiger partial charge in [-0.05, 0) is 48.0 Å². The quantitative estimate of drug-likeness (QED) is 0.150. The fraction of sp³-hybridized carbons (Fsp3) is 0.0833. The Labute approximate surface area is 215 Å². The summed E-state index contributed by atoms with van der Waals surface area (Å²) in [6.07, 6.45) is 1.34. The van der Waals surface area contributed by atoms with Gasteiger partial charge in [0.1, 0.15) is 23.3 Å². The minimum absolute atomic E-state index is 0.0738. The van der Waals surface area contributed by atoms with Crippen molar-refractivity contribution in [1.29, 1.82) is 5.26 Å². The molecule has 0 unspecified atom stereocenters. The van der Waals surface area contributed by atoms with Crippen molar-refractivity contribution in [2.24, 2.45) is 0 Å². The van der Waals surface area contributed by atoms with Crippen LogP contribution in [-0.4, -0.2) is 17.9 Å². The molecular formula is C24H16Cl3N3O5. The van der Waals surface area contributed by atoms with Crippen molar-refractivity contribution < 1.29 is 19.2 Å². The largest absolute Gasteiger partial charge is 0.493 e. The molecule has 0 aromatic heterocycles. The second-order valence-corrected chi connectivity index (χ2v) is 8.17. The van der Waals surface area contributed by atoms with E-state index in [4.69, 9.17) is 44.3 Å². The van der Waals surface area contributed by atoms with E-state index in [2.05, 4.69) is 5.32 Å². The van der Waals surface area contributed by atoms with Crippen molar-refractivity contribution in [1.82, 2.24) is 0 Å². The number of amides is 1. The number of carbonyl (C=O) groups excluding carboxylic acids is 1. The lowest BCUT2D eigenvalue weighted by atomic mass is 10.1. The molecule has 1 N–H and O–H groups in total. The van der Waals surface area contributed by atoms with Crippen LogP contribution in [0.1, 0.15) is 11.1 Å². The smallest absolute Gasteiger partial charge is 0.289 e. The molecule has 178 valence electrons. The maximum absolute atomic E-state index is 12.6. The number of halogens is 3. The van der Waals surface area contributed by atoms with Crippen LogP contribution in [0.2, 0.25) is 15.1 Å². The zero-order valence-corrected chi connectivity index (χ0v) is 20.3. The lowest BCUT2D eigenvalue weighted by Gasteiger charge is -2.13. The second kappa shape index (κ2) is 11.6. The first-order valence-corrected chi connectivity index (χ1v) is 11.0. The van der Waals surface area contributed by atoms with Crippen molar-refractivity contribution in [3.05, 3.63) is 96.5 Å². The fourth-order valence-corrected chi connectivity index (χ4v) is 3.65. The first kappa shape index (κ1) is 25.8. The molecule has 0 radical (unpaired) electrons. The van der Waals surface area contributed by atoms with Gasteiger partial charge in [-0.3, -0.25) is 14.9 Å². The van der Waals surface area contributed by atoms with Gasteiger partial charge in [0, 0.05) is 27.4 Å². The second-order valence-electron chi connectivity index (χ2n) is 6.95. The van der Waals surface area contributed by atoms with Gasteiger partial charge in [0.2, 0.25) is 0 Å². The number of nitro groups is 1. The summed E-state index contributed by atoms with van der Waals surface area (Å²) in [5, 5.41) is 23.8. The van der Waals surface area contributed by atoms with Crippen LogP contribution in [0.25, 0.3) is 6.08 Å². The Morgan fingerprint density at radius 3 is 2.43 bits per heavy atom. The number of nitro benzene ring substituents is 1. The number of ether oxygens (including phenoxy) is 2. The molecule has 0 saturated heterocycles. The number of hydrogen-bond donors (Lipinski definition) is 1. The highest BCUT2D eigenvalue weighted by Gasteiger charge is 2.16. The molecule has 3 aromatic rings. The molecule has 3 rings (SSSR count). The van der Waals surface area contributed by atoms with Crippen molar-refractivity contribution >= 4 is 58.2 Å². The summed E-state index contributed by atoms with van der Waals surface area (Å²) < 4.78 is 11.2. The number of nitrogens with zero attached hydrogens (tertiary/aromatic N) is 2. The molecule has 0 aliphatic heterocycles. The number of methoxy groups -OCH3 is 1. The highest BCUT2D eigenvalue weighted by molar-refractivity contribution is 6.36. The third-order valence-corrected chi connectivity index (χ3v) is 5.73. The predicted octanol–water partition coefficient (Wildman–Crippen LogP) is 6.69. The van der Waals surface area contributed by atoms with Crippen molar-refractivity contribution in [2.75, 3.05) is 12.4 Å². The van der Waals surface area contributed by atoms with Gasteiger partial charge < -0.3 is 14.8 Å². The van der Waals surface area contributed by atoms with E-state index in [0.29, 0.717) is 32.7 Å². The normalized spacial score (nSPS) is 10.9. The molecule has 0 fully saturated rings. The van der Waals surface area contributed by atoms with Crippen LogP contribution in [0, 0.1) is 21.4 Å². The average molecular weight is 533 g/mol. The van der Waals surface area contributed by atoms with Gasteiger partial charge in [-0.15, -0.1) is 0 Å². The Morgan fingerprint density at radius 1 is 1.09 bits per heavy atom. The molecule has 8 nitrogen and oxygen atoms in total. The molecule has 35 heavy (non-hydrogen) atoms. The monoisotopic (exact) mass is 531 g/mol. The van der Waals surface area contributed by atoms with Crippen molar-refractivity contribution in [3.8, 4) is 17.6 Å². The van der Waals surface area contributed by atoms with E-state index in [1.807, 2.05) is 6.07 Å². The average Bonchev–Trinajstić information content (AvgIpc) is 2.83. The number of benzene rings is 3. The standard InChI is InChI=1S/C24H16Cl3N3O5/c1-34-23-10-14(5-8-22(23)35-13-17-18(25)3-2-4-19(17)26)9-15(12-28)24(31)29-16-6-7-20(27)21(11-16)30(32)33/h2-11H,13H2,1H3,(H,29,31)/b15-9+. The summed E-state index contributed by atoms with van der Waals surface area (Å²) in [5.74, 6) is 0.00166. The SMILES string of the molecule is COc1cc(/C=C(\C#N)C(=O)Nc2ccc(Cl)c([N+](=O)[O-])c2)ccc1OCc1c(Cl)cccc1Cl. The lowest BCUT2D eigenvalue weighted by Crippen LogP contribution is -2.13. The Morgan fingerprint density at radius 2 is 1.80 bits per heavy atom. The molecule has 0 aliphatic rings. The Bertz CT molecular complexity index is 1350. The van der Waals surface area contributed by atoms with Crippen LogP contribution < -0.4 is 14.8 Å². The minimum atomic E-state index is -0.753. The predicted molar refractivity (Wildman–Crippen MR) is 134 cm³/mol. The third-order valence-electron chi connectivity index (χ3n) is 4.70. The first-order chi connectivity index (χ1) is 16.7. The van der Waals surface area contributed by atoms with E-state index in [1.165, 1.54) is 25.3 Å². The summed E-state index contributed by atoms with van der Waals surface area (Å²) in [4.78, 5) is 22.9. The van der Waals surface area contributed by atoms with Gasteiger partial charge in [0.15, 0.2) is 11.5 Å². The topological polar surface area (TPSA) is 114 Å². The number of anilines is 1. The van der Waals surface area contributed by atoms with Gasteiger partial charge in [-0.25, -0.2) is 0 Å². The summed E-state index contributed by atoms with van der Waals surface area (Å²) in [5.41, 5.74) is 0.616. The highest BCUT2D eigenvalue weighted by Crippen LogP contribution is 2.32. The molecule has 0 bridgehead atoms. The van der Waals surface area contributed by atoms with Crippen molar-refractivity contribution in [3.63, 3.8) is 0 Å². The van der Waals surface area contributed by atoms with Crippen LogP contribution in [-0.2, 0) is 11.4 Å². The highest BCUT2D eigenvalue weighted by atomic mass is 35.5. The van der Waals surface area contributed by atoms with Gasteiger partial charge >= 0.3 is 0 Å². The number of hydrogen-bond acceptors (Lipinski definition) is 6. The molecule has 0 atom stereocenters. The van der Waals surface area contributed by atoms with E-state index in [9.17, 15) is 20.2 Å². The van der Waals surface area contributed by atoms with Gasteiger partial charge in [-0.2, -0.15) is 5.26 Å². The molecule has 0 aliphatic carbocycles. The Kier molecular flexibility index (Phi) is 8.55. The van der Waals surface area contributed by atoms with E-state index >= 15 is 0 Å². The summed E-state index contributed by atoms with van der Waals surface area (Å²) >= 11 is 18.1. The molecule has 11 heteroatoms. The maximum Gasteiger partial charge on any atom is 0.289 e. The van der Waals surface area contributed by atoms with Crippen LogP contribution in [0.4, 0.5) is 11.4 Å². The van der Waals surface area contributed by atoms with E-state index in [0.717, 1.165) is 6.07 Å². The van der Waals surface area contributed by atoms with Gasteiger partial charge in [-0.1, -0.05) is 46.9 Å².